The zero-order valence-corrected chi connectivity index (χ0v) is 16.9. The number of rotatable bonds is 8. The summed E-state index contributed by atoms with van der Waals surface area (Å²) in [7, 11) is 1.50. The maximum Gasteiger partial charge on any atom is 0.269 e. The van der Waals surface area contributed by atoms with Gasteiger partial charge in [-0.2, -0.15) is 0 Å². The molecule has 0 radical (unpaired) electrons. The molecule has 0 saturated carbocycles. The number of methoxy groups -OCH3 is 1. The molecule has 1 N–H and O–H groups in total. The molecule has 0 aliphatic heterocycles. The standard InChI is InChI=1S/C22H19ClN2O5/c1-29-21-12-16(8-11-20(21)30-14-17-4-2-3-5-19(17)23)22(26)24-13-15-6-9-18(10-7-15)25(27)28/h2-12H,13-14H2,1H3,(H,24,26). The summed E-state index contributed by atoms with van der Waals surface area (Å²) in [6.07, 6.45) is 0. The van der Waals surface area contributed by atoms with E-state index in [-0.39, 0.29) is 24.7 Å². The lowest BCUT2D eigenvalue weighted by molar-refractivity contribution is -0.384. The van der Waals surface area contributed by atoms with Crippen molar-refractivity contribution in [2.24, 2.45) is 0 Å². The number of carbonyl (C=O) groups excluding carboxylic acids is 1. The molecule has 0 aromatic heterocycles. The molecule has 0 fully saturated rings. The summed E-state index contributed by atoms with van der Waals surface area (Å²) < 4.78 is 11.1. The average molecular weight is 427 g/mol. The summed E-state index contributed by atoms with van der Waals surface area (Å²) in [5.41, 5.74) is 1.99. The number of nitrogens with zero attached hydrogens (tertiary/aromatic N) is 1. The monoisotopic (exact) mass is 426 g/mol. The van der Waals surface area contributed by atoms with E-state index in [1.807, 2.05) is 18.2 Å². The number of carbonyl (C=O) groups is 1. The predicted octanol–water partition coefficient (Wildman–Crippen LogP) is 4.77. The molecule has 0 unspecified atom stereocenters. The van der Waals surface area contributed by atoms with Gasteiger partial charge in [-0.3, -0.25) is 14.9 Å². The zero-order valence-electron chi connectivity index (χ0n) is 16.1. The first-order chi connectivity index (χ1) is 14.5. The Labute approximate surface area is 178 Å². The van der Waals surface area contributed by atoms with Gasteiger partial charge >= 0.3 is 0 Å². The van der Waals surface area contributed by atoms with Crippen LogP contribution in [0.2, 0.25) is 5.02 Å². The Hall–Kier alpha value is -3.58. The molecule has 1 amide bonds. The van der Waals surface area contributed by atoms with E-state index in [0.717, 1.165) is 11.1 Å². The lowest BCUT2D eigenvalue weighted by atomic mass is 10.1. The molecule has 154 valence electrons. The van der Waals surface area contributed by atoms with E-state index in [2.05, 4.69) is 5.32 Å². The molecule has 3 rings (SSSR count). The average Bonchev–Trinajstić information content (AvgIpc) is 2.77. The molecule has 8 heteroatoms. The van der Waals surface area contributed by atoms with Crippen molar-refractivity contribution in [1.29, 1.82) is 0 Å². The van der Waals surface area contributed by atoms with Crippen LogP contribution >= 0.6 is 11.6 Å². The summed E-state index contributed by atoms with van der Waals surface area (Å²) >= 11 is 6.14. The fourth-order valence-corrected chi connectivity index (χ4v) is 2.91. The van der Waals surface area contributed by atoms with Crippen LogP contribution in [-0.4, -0.2) is 17.9 Å². The summed E-state index contributed by atoms with van der Waals surface area (Å²) in [6.45, 7) is 0.506. The van der Waals surface area contributed by atoms with Crippen molar-refractivity contribution >= 4 is 23.2 Å². The van der Waals surface area contributed by atoms with Crippen LogP contribution in [0.3, 0.4) is 0 Å². The smallest absolute Gasteiger partial charge is 0.269 e. The Morgan fingerprint density at radius 2 is 1.80 bits per heavy atom. The lowest BCUT2D eigenvalue weighted by Crippen LogP contribution is -2.22. The van der Waals surface area contributed by atoms with Gasteiger partial charge in [0.25, 0.3) is 11.6 Å². The third kappa shape index (κ3) is 5.27. The number of halogens is 1. The van der Waals surface area contributed by atoms with E-state index in [4.69, 9.17) is 21.1 Å². The molecule has 3 aromatic carbocycles. The lowest BCUT2D eigenvalue weighted by Gasteiger charge is -2.13. The summed E-state index contributed by atoms with van der Waals surface area (Å²) in [4.78, 5) is 22.7. The van der Waals surface area contributed by atoms with Gasteiger partial charge in [0.15, 0.2) is 11.5 Å². The Bertz CT molecular complexity index is 1050. The number of hydrogen-bond acceptors (Lipinski definition) is 5. The first kappa shape index (κ1) is 21.1. The molecule has 0 heterocycles. The van der Waals surface area contributed by atoms with Crippen molar-refractivity contribution in [1.82, 2.24) is 5.32 Å². The number of ether oxygens (including phenoxy) is 2. The van der Waals surface area contributed by atoms with Crippen molar-refractivity contribution < 1.29 is 19.2 Å². The number of nitrogens with one attached hydrogen (secondary N) is 1. The highest BCUT2D eigenvalue weighted by Crippen LogP contribution is 2.29. The van der Waals surface area contributed by atoms with Crippen LogP contribution < -0.4 is 14.8 Å². The van der Waals surface area contributed by atoms with Crippen LogP contribution in [0.25, 0.3) is 0 Å². The van der Waals surface area contributed by atoms with Gasteiger partial charge in [-0.05, 0) is 29.8 Å². The maximum absolute atomic E-state index is 12.5. The summed E-state index contributed by atoms with van der Waals surface area (Å²) in [6, 6.07) is 18.3. The third-order valence-corrected chi connectivity index (χ3v) is 4.74. The van der Waals surface area contributed by atoms with Gasteiger partial charge in [-0.1, -0.05) is 41.9 Å². The molecular formula is C22H19ClN2O5. The van der Waals surface area contributed by atoms with Crippen LogP contribution in [-0.2, 0) is 13.2 Å². The first-order valence-electron chi connectivity index (χ1n) is 9.03. The second-order valence-corrected chi connectivity index (χ2v) is 6.76. The highest BCUT2D eigenvalue weighted by Gasteiger charge is 2.12. The predicted molar refractivity (Wildman–Crippen MR) is 113 cm³/mol. The Morgan fingerprint density at radius 1 is 1.07 bits per heavy atom. The molecule has 0 bridgehead atoms. The van der Waals surface area contributed by atoms with Crippen molar-refractivity contribution in [2.75, 3.05) is 7.11 Å². The van der Waals surface area contributed by atoms with E-state index in [0.29, 0.717) is 22.1 Å². The van der Waals surface area contributed by atoms with Crippen molar-refractivity contribution in [2.45, 2.75) is 13.2 Å². The molecule has 0 atom stereocenters. The number of amides is 1. The molecule has 7 nitrogen and oxygen atoms in total. The number of nitro groups is 1. The normalized spacial score (nSPS) is 10.3. The number of non-ortho nitro benzene ring substituents is 1. The van der Waals surface area contributed by atoms with Gasteiger partial charge in [0.2, 0.25) is 0 Å². The molecule has 0 aliphatic rings. The fraction of sp³-hybridized carbons (Fsp3) is 0.136. The van der Waals surface area contributed by atoms with Crippen LogP contribution in [0.5, 0.6) is 11.5 Å². The second-order valence-electron chi connectivity index (χ2n) is 6.35. The fourth-order valence-electron chi connectivity index (χ4n) is 2.72. The van der Waals surface area contributed by atoms with E-state index in [1.54, 1.807) is 36.4 Å². The van der Waals surface area contributed by atoms with E-state index in [1.165, 1.54) is 19.2 Å². The van der Waals surface area contributed by atoms with Gasteiger partial charge in [-0.25, -0.2) is 0 Å². The molecular weight excluding hydrogens is 408 g/mol. The quantitative estimate of drug-likeness (QED) is 0.414. The zero-order chi connectivity index (χ0) is 21.5. The number of nitro benzene ring substituents is 1. The molecule has 3 aromatic rings. The molecule has 0 spiro atoms. The highest BCUT2D eigenvalue weighted by atomic mass is 35.5. The highest BCUT2D eigenvalue weighted by molar-refractivity contribution is 6.31. The first-order valence-corrected chi connectivity index (χ1v) is 9.41. The molecule has 0 aliphatic carbocycles. The van der Waals surface area contributed by atoms with Gasteiger partial charge in [0.1, 0.15) is 6.61 Å². The van der Waals surface area contributed by atoms with E-state index in [9.17, 15) is 14.9 Å². The summed E-state index contributed by atoms with van der Waals surface area (Å²) in [5, 5.41) is 14.1. The van der Waals surface area contributed by atoms with Gasteiger partial charge in [0, 0.05) is 34.8 Å². The SMILES string of the molecule is COc1cc(C(=O)NCc2ccc([N+](=O)[O-])cc2)ccc1OCc1ccccc1Cl. The molecule has 0 saturated heterocycles. The Morgan fingerprint density at radius 3 is 2.47 bits per heavy atom. The van der Waals surface area contributed by atoms with Crippen LogP contribution in [0.4, 0.5) is 5.69 Å². The number of hydrogen-bond donors (Lipinski definition) is 1. The maximum atomic E-state index is 12.5. The minimum Gasteiger partial charge on any atom is -0.493 e. The largest absolute Gasteiger partial charge is 0.493 e. The second kappa shape index (κ2) is 9.76. The van der Waals surface area contributed by atoms with Gasteiger partial charge < -0.3 is 14.8 Å². The van der Waals surface area contributed by atoms with Crippen molar-refractivity contribution in [3.8, 4) is 11.5 Å². The Kier molecular flexibility index (Phi) is 6.87. The topological polar surface area (TPSA) is 90.7 Å². The van der Waals surface area contributed by atoms with Crippen LogP contribution in [0, 0.1) is 10.1 Å². The van der Waals surface area contributed by atoms with Crippen molar-refractivity contribution in [3.63, 3.8) is 0 Å². The van der Waals surface area contributed by atoms with Crippen LogP contribution in [0.1, 0.15) is 21.5 Å². The van der Waals surface area contributed by atoms with Gasteiger partial charge in [-0.15, -0.1) is 0 Å². The Balaban J connectivity index is 1.63. The van der Waals surface area contributed by atoms with Crippen LogP contribution in [0.15, 0.2) is 66.7 Å². The molecule has 30 heavy (non-hydrogen) atoms. The van der Waals surface area contributed by atoms with Gasteiger partial charge in [0.05, 0.1) is 12.0 Å². The van der Waals surface area contributed by atoms with E-state index >= 15 is 0 Å². The van der Waals surface area contributed by atoms with E-state index < -0.39 is 4.92 Å². The third-order valence-electron chi connectivity index (χ3n) is 4.37. The minimum atomic E-state index is -0.468. The minimum absolute atomic E-state index is 0.00203. The van der Waals surface area contributed by atoms with Crippen molar-refractivity contribution in [3.05, 3.63) is 98.6 Å². The summed E-state index contributed by atoms with van der Waals surface area (Å²) in [5.74, 6) is 0.610. The number of benzene rings is 3.